The van der Waals surface area contributed by atoms with Crippen LogP contribution in [0.15, 0.2) is 6.33 Å². The fourth-order valence-corrected chi connectivity index (χ4v) is 4.59. The number of halogens is 1. The van der Waals surface area contributed by atoms with E-state index >= 15 is 0 Å². The van der Waals surface area contributed by atoms with Crippen LogP contribution in [0.1, 0.15) is 12.5 Å². The van der Waals surface area contributed by atoms with Gasteiger partial charge in [0, 0.05) is 12.5 Å². The van der Waals surface area contributed by atoms with Crippen molar-refractivity contribution in [3.05, 3.63) is 11.6 Å². The fraction of sp³-hybridized carbons (Fsp3) is 0.615. The lowest BCUT2D eigenvalue weighted by Crippen LogP contribution is -2.35. The standard InChI is InChI=1S/C13H17ClN5O6P/c1-15-10-6-11(18-12(14)17-10)19(4-16-6)7-5-2-13(5,9(21)8(7)20)3-25-26(22,23)24/h4-5,7-9,20-21H,2-3H2,1H3,(H,15,17,18)(H2,22,23,24)/t5?,7-,8+,9+,13+/m1/s1. The molecule has 0 radical (unpaired) electrons. The maximum absolute atomic E-state index is 11.0. The van der Waals surface area contributed by atoms with E-state index in [1.807, 2.05) is 0 Å². The smallest absolute Gasteiger partial charge is 0.390 e. The molecule has 2 aromatic heterocycles. The number of imidazole rings is 1. The van der Waals surface area contributed by atoms with Gasteiger partial charge >= 0.3 is 7.82 Å². The number of rotatable bonds is 5. The van der Waals surface area contributed by atoms with E-state index in [4.69, 9.17) is 21.4 Å². The van der Waals surface area contributed by atoms with Crippen molar-refractivity contribution in [2.45, 2.75) is 24.7 Å². The van der Waals surface area contributed by atoms with E-state index in [1.165, 1.54) is 6.33 Å². The minimum atomic E-state index is -4.67. The van der Waals surface area contributed by atoms with Crippen LogP contribution in [-0.4, -0.2) is 65.4 Å². The molecule has 0 aromatic carbocycles. The van der Waals surface area contributed by atoms with Crippen LogP contribution in [0.25, 0.3) is 11.2 Å². The van der Waals surface area contributed by atoms with Crippen LogP contribution in [0.4, 0.5) is 5.82 Å². The van der Waals surface area contributed by atoms with Gasteiger partial charge in [-0.2, -0.15) is 9.97 Å². The van der Waals surface area contributed by atoms with Gasteiger partial charge in [-0.15, -0.1) is 0 Å². The highest BCUT2D eigenvalue weighted by molar-refractivity contribution is 7.46. The first-order chi connectivity index (χ1) is 12.2. The Bertz CT molecular complexity index is 920. The van der Waals surface area contributed by atoms with Gasteiger partial charge in [-0.1, -0.05) is 0 Å². The van der Waals surface area contributed by atoms with Gasteiger partial charge in [0.1, 0.15) is 6.10 Å². The number of nitrogens with zero attached hydrogens (tertiary/aromatic N) is 4. The van der Waals surface area contributed by atoms with Gasteiger partial charge in [-0.3, -0.25) is 4.52 Å². The highest BCUT2D eigenvalue weighted by atomic mass is 35.5. The van der Waals surface area contributed by atoms with Crippen LogP contribution in [-0.2, 0) is 9.09 Å². The van der Waals surface area contributed by atoms with Crippen LogP contribution < -0.4 is 5.32 Å². The molecule has 0 spiro atoms. The van der Waals surface area contributed by atoms with Crippen LogP contribution in [0, 0.1) is 11.3 Å². The molecule has 142 valence electrons. The Labute approximate surface area is 152 Å². The molecule has 11 nitrogen and oxygen atoms in total. The molecule has 2 fully saturated rings. The average Bonchev–Trinajstić information content (AvgIpc) is 3.08. The predicted molar refractivity (Wildman–Crippen MR) is 89.5 cm³/mol. The monoisotopic (exact) mass is 405 g/mol. The molecular formula is C13H17ClN5O6P. The van der Waals surface area contributed by atoms with Crippen molar-refractivity contribution in [1.82, 2.24) is 19.5 Å². The quantitative estimate of drug-likeness (QED) is 0.335. The second-order valence-corrected chi connectivity index (χ2v) is 8.23. The minimum Gasteiger partial charge on any atom is -0.390 e. The van der Waals surface area contributed by atoms with Crippen molar-refractivity contribution in [3.8, 4) is 0 Å². The number of phosphoric ester groups is 1. The SMILES string of the molecule is CNc1nc(Cl)nc2c1ncn2[C@@H]1C2C[C@@]2(COP(=O)(O)O)[C@@H](O)[C@H]1O. The molecule has 0 saturated heterocycles. The molecule has 5 N–H and O–H groups in total. The summed E-state index contributed by atoms with van der Waals surface area (Å²) >= 11 is 5.96. The first-order valence-electron chi connectivity index (χ1n) is 7.82. The maximum Gasteiger partial charge on any atom is 0.469 e. The lowest BCUT2D eigenvalue weighted by molar-refractivity contribution is -0.0297. The summed E-state index contributed by atoms with van der Waals surface area (Å²) in [6.45, 7) is -0.346. The molecule has 2 aliphatic rings. The van der Waals surface area contributed by atoms with Crippen molar-refractivity contribution >= 4 is 36.4 Å². The normalized spacial score (nSPS) is 33.5. The molecule has 4 rings (SSSR count). The van der Waals surface area contributed by atoms with E-state index in [0.717, 1.165) is 0 Å². The van der Waals surface area contributed by atoms with Gasteiger partial charge in [0.2, 0.25) is 5.28 Å². The van der Waals surface area contributed by atoms with E-state index in [0.29, 0.717) is 23.4 Å². The molecule has 13 heteroatoms. The Hall–Kier alpha value is -1.33. The molecule has 2 aromatic rings. The fourth-order valence-electron chi connectivity index (χ4n) is 4.01. The van der Waals surface area contributed by atoms with Crippen LogP contribution in [0.3, 0.4) is 0 Å². The summed E-state index contributed by atoms with van der Waals surface area (Å²) in [6.07, 6.45) is -0.427. The van der Waals surface area contributed by atoms with Crippen molar-refractivity contribution in [2.24, 2.45) is 11.3 Å². The van der Waals surface area contributed by atoms with Gasteiger partial charge < -0.3 is 29.9 Å². The van der Waals surface area contributed by atoms with E-state index in [2.05, 4.69) is 24.8 Å². The Balaban J connectivity index is 1.71. The third-order valence-corrected chi connectivity index (χ3v) is 5.94. The second-order valence-electron chi connectivity index (χ2n) is 6.65. The van der Waals surface area contributed by atoms with E-state index in [-0.39, 0.29) is 17.8 Å². The Morgan fingerprint density at radius 3 is 2.85 bits per heavy atom. The van der Waals surface area contributed by atoms with Gasteiger partial charge in [-0.25, -0.2) is 9.55 Å². The van der Waals surface area contributed by atoms with Crippen LogP contribution >= 0.6 is 19.4 Å². The van der Waals surface area contributed by atoms with E-state index in [9.17, 15) is 14.8 Å². The highest BCUT2D eigenvalue weighted by Crippen LogP contribution is 2.68. The minimum absolute atomic E-state index is 0.00327. The number of hydrogen-bond donors (Lipinski definition) is 5. The second kappa shape index (κ2) is 5.83. The number of aliphatic hydroxyl groups is 2. The molecule has 0 amide bonds. The molecule has 0 bridgehead atoms. The summed E-state index contributed by atoms with van der Waals surface area (Å²) in [5.41, 5.74) is -0.0582. The lowest BCUT2D eigenvalue weighted by Gasteiger charge is -2.24. The third-order valence-electron chi connectivity index (χ3n) is 5.31. The van der Waals surface area contributed by atoms with Gasteiger partial charge in [0.05, 0.1) is 25.1 Å². The summed E-state index contributed by atoms with van der Waals surface area (Å²) < 4.78 is 17.2. The van der Waals surface area contributed by atoms with Crippen molar-refractivity contribution in [3.63, 3.8) is 0 Å². The lowest BCUT2D eigenvalue weighted by atomic mass is 10.0. The largest absolute Gasteiger partial charge is 0.469 e. The molecule has 5 atom stereocenters. The molecule has 2 saturated carbocycles. The zero-order valence-corrected chi connectivity index (χ0v) is 15.2. The number of phosphoric acid groups is 1. The molecule has 1 unspecified atom stereocenters. The number of aromatic nitrogens is 4. The van der Waals surface area contributed by atoms with Crippen molar-refractivity contribution in [2.75, 3.05) is 19.0 Å². The zero-order valence-electron chi connectivity index (χ0n) is 13.5. The maximum atomic E-state index is 11.0. The molecule has 2 heterocycles. The summed E-state index contributed by atoms with van der Waals surface area (Å²) in [7, 11) is -3.01. The summed E-state index contributed by atoms with van der Waals surface area (Å²) in [4.78, 5) is 30.3. The Morgan fingerprint density at radius 2 is 2.19 bits per heavy atom. The van der Waals surface area contributed by atoms with Crippen LogP contribution in [0.5, 0.6) is 0 Å². The van der Waals surface area contributed by atoms with Crippen LogP contribution in [0.2, 0.25) is 5.28 Å². The van der Waals surface area contributed by atoms with Gasteiger partial charge in [-0.05, 0) is 23.9 Å². The number of nitrogens with one attached hydrogen (secondary N) is 1. The first-order valence-corrected chi connectivity index (χ1v) is 9.73. The summed E-state index contributed by atoms with van der Waals surface area (Å²) in [5, 5.41) is 23.9. The van der Waals surface area contributed by atoms with E-state index < -0.39 is 31.5 Å². The molecule has 2 aliphatic carbocycles. The molecular weight excluding hydrogens is 389 g/mol. The highest BCUT2D eigenvalue weighted by Gasteiger charge is 2.72. The van der Waals surface area contributed by atoms with Gasteiger partial charge in [0.15, 0.2) is 17.0 Å². The summed E-state index contributed by atoms with van der Waals surface area (Å²) in [5.74, 6) is 0.182. The summed E-state index contributed by atoms with van der Waals surface area (Å²) in [6, 6.07) is -0.578. The Morgan fingerprint density at radius 1 is 1.46 bits per heavy atom. The number of aliphatic hydroxyl groups excluding tert-OH is 2. The number of fused-ring (bicyclic) bond motifs is 2. The third kappa shape index (κ3) is 2.63. The van der Waals surface area contributed by atoms with E-state index in [1.54, 1.807) is 11.6 Å². The average molecular weight is 406 g/mol. The van der Waals surface area contributed by atoms with Crippen molar-refractivity contribution < 1.29 is 29.1 Å². The molecule has 0 aliphatic heterocycles. The van der Waals surface area contributed by atoms with Gasteiger partial charge in [0.25, 0.3) is 0 Å². The first kappa shape index (κ1) is 18.1. The molecule has 26 heavy (non-hydrogen) atoms. The topological polar surface area (TPSA) is 163 Å². The Kier molecular flexibility index (Phi) is 4.05. The number of hydrogen-bond acceptors (Lipinski definition) is 8. The van der Waals surface area contributed by atoms with Crippen molar-refractivity contribution in [1.29, 1.82) is 0 Å². The zero-order chi connectivity index (χ0) is 18.9. The number of anilines is 1. The predicted octanol–water partition coefficient (Wildman–Crippen LogP) is -0.0865.